The number of rotatable bonds is 4. The van der Waals surface area contributed by atoms with E-state index in [0.29, 0.717) is 23.1 Å². The van der Waals surface area contributed by atoms with Crippen LogP contribution in [0, 0.1) is 6.92 Å². The van der Waals surface area contributed by atoms with E-state index in [2.05, 4.69) is 9.97 Å². The molecule has 6 nitrogen and oxygen atoms in total. The molecule has 3 aromatic rings. The maximum Gasteiger partial charge on any atom is 0.209 e. The molecule has 24 heavy (non-hydrogen) atoms. The van der Waals surface area contributed by atoms with Crippen molar-refractivity contribution in [3.63, 3.8) is 0 Å². The molecule has 0 radical (unpaired) electrons. The summed E-state index contributed by atoms with van der Waals surface area (Å²) < 4.78 is 12.5. The molecule has 0 aliphatic carbocycles. The van der Waals surface area contributed by atoms with Gasteiger partial charge in [-0.1, -0.05) is 28.4 Å². The minimum absolute atomic E-state index is 0.216. The number of pyridine rings is 1. The molecule has 0 saturated carbocycles. The average molecular weight is 344 g/mol. The second-order valence-corrected chi connectivity index (χ2v) is 5.42. The molecule has 122 valence electrons. The summed E-state index contributed by atoms with van der Waals surface area (Å²) in [6.07, 6.45) is 3.27. The van der Waals surface area contributed by atoms with Crippen LogP contribution < -0.4 is 20.0 Å². The van der Waals surface area contributed by atoms with E-state index >= 15 is 0 Å². The Bertz CT molecular complexity index is 886. The first-order valence-corrected chi connectivity index (χ1v) is 7.57. The Morgan fingerprint density at radius 3 is 2.54 bits per heavy atom. The van der Waals surface area contributed by atoms with Crippen molar-refractivity contribution in [2.75, 3.05) is 13.0 Å². The van der Waals surface area contributed by atoms with E-state index in [0.717, 1.165) is 11.3 Å². The quantitative estimate of drug-likeness (QED) is 0.448. The molecule has 1 aromatic carbocycles. The van der Waals surface area contributed by atoms with Crippen molar-refractivity contribution in [2.24, 2.45) is 0 Å². The summed E-state index contributed by atoms with van der Waals surface area (Å²) in [6, 6.07) is 11.0. The highest BCUT2D eigenvalue weighted by Gasteiger charge is 2.13. The number of halogens is 1. The number of hydrogen-bond acceptors (Lipinski definition) is 5. The number of nitrogens with two attached hydrogens (primary N) is 1. The van der Waals surface area contributed by atoms with E-state index in [1.165, 1.54) is 10.9 Å². The molecule has 3 rings (SSSR count). The SMILES string of the molecule is COc1ccccc1Oc1cnc(-c2cc[n+](N)c(C)c2)nc1Cl. The molecule has 0 bridgehead atoms. The van der Waals surface area contributed by atoms with Crippen LogP contribution in [0.25, 0.3) is 11.4 Å². The van der Waals surface area contributed by atoms with Crippen LogP contribution in [0.5, 0.6) is 17.2 Å². The van der Waals surface area contributed by atoms with Crippen LogP contribution in [0.3, 0.4) is 0 Å². The van der Waals surface area contributed by atoms with Gasteiger partial charge in [0.1, 0.15) is 0 Å². The van der Waals surface area contributed by atoms with Gasteiger partial charge in [0.2, 0.25) is 5.69 Å². The Labute approximate surface area is 144 Å². The maximum atomic E-state index is 6.25. The number of para-hydroxylation sites is 2. The van der Waals surface area contributed by atoms with Gasteiger partial charge in [-0.3, -0.25) is 0 Å². The van der Waals surface area contributed by atoms with Crippen molar-refractivity contribution in [2.45, 2.75) is 6.92 Å². The molecule has 0 fully saturated rings. The summed E-state index contributed by atoms with van der Waals surface area (Å²) in [6.45, 7) is 1.89. The van der Waals surface area contributed by atoms with Crippen LogP contribution in [-0.4, -0.2) is 17.1 Å². The first-order chi connectivity index (χ1) is 11.6. The lowest BCUT2D eigenvalue weighted by Crippen LogP contribution is -2.46. The predicted molar refractivity (Wildman–Crippen MR) is 90.6 cm³/mol. The maximum absolute atomic E-state index is 6.25. The standard InChI is InChI=1S/C17H16ClN4O2/c1-11-9-12(7-8-22(11)19)17-20-10-15(16(18)21-17)24-14-6-4-3-5-13(14)23-2/h3-10H,19H2,1-2H3/q+1. The molecule has 2 N–H and O–H groups in total. The monoisotopic (exact) mass is 343 g/mol. The van der Waals surface area contributed by atoms with Gasteiger partial charge in [0.15, 0.2) is 34.4 Å². The second-order valence-electron chi connectivity index (χ2n) is 5.07. The van der Waals surface area contributed by atoms with Crippen LogP contribution in [0.15, 0.2) is 48.8 Å². The summed E-state index contributed by atoms with van der Waals surface area (Å²) in [5, 5.41) is 0.216. The largest absolute Gasteiger partial charge is 0.493 e. The van der Waals surface area contributed by atoms with Crippen molar-refractivity contribution < 1.29 is 14.1 Å². The molecule has 0 aliphatic heterocycles. The molecule has 2 heterocycles. The summed E-state index contributed by atoms with van der Waals surface area (Å²) >= 11 is 6.25. The zero-order chi connectivity index (χ0) is 17.1. The zero-order valence-corrected chi connectivity index (χ0v) is 14.0. The van der Waals surface area contributed by atoms with Gasteiger partial charge in [-0.05, 0) is 12.1 Å². The fourth-order valence-electron chi connectivity index (χ4n) is 2.14. The van der Waals surface area contributed by atoms with E-state index < -0.39 is 0 Å². The van der Waals surface area contributed by atoms with Crippen LogP contribution in [0.2, 0.25) is 5.15 Å². The number of ether oxygens (including phenoxy) is 2. The average Bonchev–Trinajstić information content (AvgIpc) is 2.59. The summed E-state index contributed by atoms with van der Waals surface area (Å²) in [5.41, 5.74) is 1.70. The van der Waals surface area contributed by atoms with Crippen molar-refractivity contribution in [1.29, 1.82) is 0 Å². The second kappa shape index (κ2) is 6.72. The van der Waals surface area contributed by atoms with Gasteiger partial charge in [-0.15, -0.1) is 0 Å². The Balaban J connectivity index is 1.91. The number of nitrogens with zero attached hydrogens (tertiary/aromatic N) is 3. The third-order valence-corrected chi connectivity index (χ3v) is 3.72. The highest BCUT2D eigenvalue weighted by molar-refractivity contribution is 6.30. The van der Waals surface area contributed by atoms with Gasteiger partial charge in [-0.2, -0.15) is 0 Å². The molecule has 7 heteroatoms. The molecule has 0 spiro atoms. The molecular formula is C17H16ClN4O2+. The van der Waals surface area contributed by atoms with E-state index in [1.807, 2.05) is 31.2 Å². The zero-order valence-electron chi connectivity index (χ0n) is 13.2. The van der Waals surface area contributed by atoms with Crippen LogP contribution in [0.4, 0.5) is 0 Å². The number of aryl methyl sites for hydroxylation is 1. The van der Waals surface area contributed by atoms with Crippen molar-refractivity contribution in [3.05, 3.63) is 59.6 Å². The summed E-state index contributed by atoms with van der Waals surface area (Å²) in [5.74, 6) is 7.74. The normalized spacial score (nSPS) is 10.5. The van der Waals surface area contributed by atoms with Gasteiger partial charge < -0.3 is 9.47 Å². The van der Waals surface area contributed by atoms with E-state index in [4.69, 9.17) is 26.9 Å². The highest BCUT2D eigenvalue weighted by Crippen LogP contribution is 2.34. The molecule has 0 amide bonds. The first kappa shape index (κ1) is 16.0. The lowest BCUT2D eigenvalue weighted by molar-refractivity contribution is -0.645. The number of aromatic nitrogens is 3. The van der Waals surface area contributed by atoms with Crippen LogP contribution in [-0.2, 0) is 0 Å². The number of methoxy groups -OCH3 is 1. The Morgan fingerprint density at radius 2 is 1.88 bits per heavy atom. The fraction of sp³-hybridized carbons (Fsp3) is 0.118. The van der Waals surface area contributed by atoms with Gasteiger partial charge in [-0.25, -0.2) is 15.8 Å². The minimum atomic E-state index is 0.216. The number of nitrogen functional groups attached to an aromatic ring is 1. The molecule has 0 aliphatic rings. The predicted octanol–water partition coefficient (Wildman–Crippen LogP) is 2.91. The molecular weight excluding hydrogens is 328 g/mol. The number of benzene rings is 1. The molecule has 0 saturated heterocycles. The van der Waals surface area contributed by atoms with Gasteiger partial charge in [0.25, 0.3) is 0 Å². The topological polar surface area (TPSA) is 74.1 Å². The fourth-order valence-corrected chi connectivity index (χ4v) is 2.31. The van der Waals surface area contributed by atoms with Crippen LogP contribution in [0.1, 0.15) is 5.69 Å². The Morgan fingerprint density at radius 1 is 1.12 bits per heavy atom. The van der Waals surface area contributed by atoms with Crippen molar-refractivity contribution >= 4 is 11.6 Å². The lowest BCUT2D eigenvalue weighted by Gasteiger charge is -2.11. The third kappa shape index (κ3) is 3.23. The number of hydrogen-bond donors (Lipinski definition) is 1. The highest BCUT2D eigenvalue weighted by atomic mass is 35.5. The Hall–Kier alpha value is -2.86. The van der Waals surface area contributed by atoms with Gasteiger partial charge >= 0.3 is 0 Å². The third-order valence-electron chi connectivity index (χ3n) is 3.45. The van der Waals surface area contributed by atoms with E-state index in [-0.39, 0.29) is 5.15 Å². The summed E-state index contributed by atoms with van der Waals surface area (Å²) in [4.78, 5) is 8.63. The summed E-state index contributed by atoms with van der Waals surface area (Å²) in [7, 11) is 1.57. The van der Waals surface area contributed by atoms with E-state index in [9.17, 15) is 0 Å². The smallest absolute Gasteiger partial charge is 0.209 e. The van der Waals surface area contributed by atoms with Crippen molar-refractivity contribution in [3.8, 4) is 28.6 Å². The van der Waals surface area contributed by atoms with E-state index in [1.54, 1.807) is 25.4 Å². The van der Waals surface area contributed by atoms with Gasteiger partial charge in [0, 0.05) is 24.6 Å². The first-order valence-electron chi connectivity index (χ1n) is 7.19. The van der Waals surface area contributed by atoms with Crippen LogP contribution >= 0.6 is 11.6 Å². The molecule has 0 atom stereocenters. The Kier molecular flexibility index (Phi) is 4.48. The van der Waals surface area contributed by atoms with Crippen molar-refractivity contribution in [1.82, 2.24) is 9.97 Å². The van der Waals surface area contributed by atoms with Gasteiger partial charge in [0.05, 0.1) is 13.3 Å². The molecule has 2 aromatic heterocycles. The lowest BCUT2D eigenvalue weighted by atomic mass is 10.2. The minimum Gasteiger partial charge on any atom is -0.493 e. The molecule has 0 unspecified atom stereocenters.